The van der Waals surface area contributed by atoms with Gasteiger partial charge >= 0.3 is 5.97 Å². The molecule has 0 saturated carbocycles. The summed E-state index contributed by atoms with van der Waals surface area (Å²) in [5, 5.41) is 17.4. The Morgan fingerprint density at radius 3 is 2.54 bits per heavy atom. The maximum atomic E-state index is 11.9. The minimum Gasteiger partial charge on any atom is -0.463 e. The zero-order valence-corrected chi connectivity index (χ0v) is 15.7. The molecule has 1 unspecified atom stereocenters. The fraction of sp³-hybridized carbons (Fsp3) is 0.238. The molecule has 28 heavy (non-hydrogen) atoms. The number of hydrogen-bond acceptors (Lipinski definition) is 6. The Balaban J connectivity index is 1.95. The number of nitro benzene ring substituents is 1. The van der Waals surface area contributed by atoms with Crippen LogP contribution in [0, 0.1) is 10.1 Å². The lowest BCUT2D eigenvalue weighted by atomic mass is 9.98. The van der Waals surface area contributed by atoms with Gasteiger partial charge in [0.15, 0.2) is 0 Å². The van der Waals surface area contributed by atoms with E-state index in [1.807, 2.05) is 30.3 Å². The molecule has 1 heterocycles. The molecule has 0 amide bonds. The molecule has 1 atom stereocenters. The first-order chi connectivity index (χ1) is 13.5. The SMILES string of the molecule is CCOC(=O)C=C(C)N1N=C(c2ccccc2)CC1c1ccc([N+](=O)[O-])cc1. The Hall–Kier alpha value is -3.48. The number of hydrogen-bond donors (Lipinski definition) is 0. The number of ether oxygens (including phenoxy) is 1. The summed E-state index contributed by atoms with van der Waals surface area (Å²) >= 11 is 0. The molecule has 144 valence electrons. The molecular formula is C21H21N3O4. The number of carbonyl (C=O) groups is 1. The molecule has 7 heteroatoms. The second kappa shape index (κ2) is 8.47. The third-order valence-electron chi connectivity index (χ3n) is 4.48. The first kappa shape index (κ1) is 19.3. The van der Waals surface area contributed by atoms with E-state index in [2.05, 4.69) is 0 Å². The van der Waals surface area contributed by atoms with Gasteiger partial charge in [0.05, 0.1) is 23.3 Å². The highest BCUT2D eigenvalue weighted by molar-refractivity contribution is 6.02. The largest absolute Gasteiger partial charge is 0.463 e. The Morgan fingerprint density at radius 2 is 1.93 bits per heavy atom. The monoisotopic (exact) mass is 379 g/mol. The van der Waals surface area contributed by atoms with Gasteiger partial charge in [-0.1, -0.05) is 42.5 Å². The van der Waals surface area contributed by atoms with E-state index in [9.17, 15) is 14.9 Å². The van der Waals surface area contributed by atoms with Crippen molar-refractivity contribution in [2.24, 2.45) is 5.10 Å². The van der Waals surface area contributed by atoms with Crippen LogP contribution >= 0.6 is 0 Å². The zero-order valence-electron chi connectivity index (χ0n) is 15.7. The van der Waals surface area contributed by atoms with Crippen molar-refractivity contribution in [3.05, 3.63) is 87.6 Å². The highest BCUT2D eigenvalue weighted by Crippen LogP contribution is 2.36. The number of esters is 1. The summed E-state index contributed by atoms with van der Waals surface area (Å²) in [6.45, 7) is 3.85. The maximum Gasteiger partial charge on any atom is 0.332 e. The van der Waals surface area contributed by atoms with Crippen LogP contribution in [0.5, 0.6) is 0 Å². The van der Waals surface area contributed by atoms with E-state index in [0.29, 0.717) is 18.7 Å². The molecule has 0 aromatic heterocycles. The predicted molar refractivity (Wildman–Crippen MR) is 106 cm³/mol. The van der Waals surface area contributed by atoms with Crippen LogP contribution < -0.4 is 0 Å². The number of hydrazone groups is 1. The number of benzene rings is 2. The molecule has 0 spiro atoms. The Bertz CT molecular complexity index is 920. The van der Waals surface area contributed by atoms with Crippen LogP contribution in [0.4, 0.5) is 5.69 Å². The second-order valence-electron chi connectivity index (χ2n) is 6.36. The van der Waals surface area contributed by atoms with E-state index in [1.165, 1.54) is 18.2 Å². The van der Waals surface area contributed by atoms with Gasteiger partial charge in [0.25, 0.3) is 5.69 Å². The fourth-order valence-electron chi connectivity index (χ4n) is 3.14. The van der Waals surface area contributed by atoms with Crippen molar-refractivity contribution in [1.82, 2.24) is 5.01 Å². The van der Waals surface area contributed by atoms with Gasteiger partial charge < -0.3 is 4.74 Å². The molecule has 1 aliphatic rings. The van der Waals surface area contributed by atoms with Crippen molar-refractivity contribution in [2.45, 2.75) is 26.3 Å². The lowest BCUT2D eigenvalue weighted by Crippen LogP contribution is -2.19. The summed E-state index contributed by atoms with van der Waals surface area (Å²) in [7, 11) is 0. The average Bonchev–Trinajstić information content (AvgIpc) is 3.14. The molecule has 0 bridgehead atoms. The maximum absolute atomic E-state index is 11.9. The van der Waals surface area contributed by atoms with Crippen LogP contribution in [-0.4, -0.2) is 28.2 Å². The third-order valence-corrected chi connectivity index (χ3v) is 4.48. The lowest BCUT2D eigenvalue weighted by molar-refractivity contribution is -0.384. The van der Waals surface area contributed by atoms with Gasteiger partial charge in [-0.25, -0.2) is 4.79 Å². The number of non-ortho nitro benzene ring substituents is 1. The number of carbonyl (C=O) groups excluding carboxylic acids is 1. The van der Waals surface area contributed by atoms with Crippen LogP contribution in [0.1, 0.15) is 37.4 Å². The van der Waals surface area contributed by atoms with E-state index in [4.69, 9.17) is 9.84 Å². The van der Waals surface area contributed by atoms with Gasteiger partial charge in [-0.2, -0.15) is 5.10 Å². The van der Waals surface area contributed by atoms with Gasteiger partial charge in [-0.05, 0) is 25.0 Å². The molecule has 1 aliphatic heterocycles. The summed E-state index contributed by atoms with van der Waals surface area (Å²) in [5.74, 6) is -0.425. The smallest absolute Gasteiger partial charge is 0.332 e. The summed E-state index contributed by atoms with van der Waals surface area (Å²) in [6.07, 6.45) is 2.04. The van der Waals surface area contributed by atoms with Gasteiger partial charge in [0, 0.05) is 30.3 Å². The summed E-state index contributed by atoms with van der Waals surface area (Å²) in [5.41, 5.74) is 3.46. The Labute approximate surface area is 163 Å². The molecule has 0 radical (unpaired) electrons. The third kappa shape index (κ3) is 4.25. The van der Waals surface area contributed by atoms with Gasteiger partial charge in [0.2, 0.25) is 0 Å². The molecule has 7 nitrogen and oxygen atoms in total. The number of nitro groups is 1. The molecule has 0 aliphatic carbocycles. The molecule has 2 aromatic carbocycles. The number of nitrogens with zero attached hydrogens (tertiary/aromatic N) is 3. The van der Waals surface area contributed by atoms with Crippen molar-refractivity contribution in [2.75, 3.05) is 6.61 Å². The quantitative estimate of drug-likeness (QED) is 0.325. The van der Waals surface area contributed by atoms with Crippen LogP contribution in [0.2, 0.25) is 0 Å². The van der Waals surface area contributed by atoms with Crippen molar-refractivity contribution >= 4 is 17.4 Å². The standard InChI is InChI=1S/C21H21N3O4/c1-3-28-21(25)13-15(2)23-20(17-9-11-18(12-10-17)24(26)27)14-19(22-23)16-7-5-4-6-8-16/h4-13,20H,3,14H2,1-2H3. The summed E-state index contributed by atoms with van der Waals surface area (Å²) in [4.78, 5) is 22.4. The van der Waals surface area contributed by atoms with E-state index in [1.54, 1.807) is 31.0 Å². The average molecular weight is 379 g/mol. The van der Waals surface area contributed by atoms with E-state index >= 15 is 0 Å². The van der Waals surface area contributed by atoms with Gasteiger partial charge in [0.1, 0.15) is 0 Å². The highest BCUT2D eigenvalue weighted by atomic mass is 16.6. The fourth-order valence-corrected chi connectivity index (χ4v) is 3.14. The van der Waals surface area contributed by atoms with Crippen molar-refractivity contribution in [1.29, 1.82) is 0 Å². The molecular weight excluding hydrogens is 358 g/mol. The van der Waals surface area contributed by atoms with Gasteiger partial charge in [-0.15, -0.1) is 0 Å². The topological polar surface area (TPSA) is 85.0 Å². The lowest BCUT2D eigenvalue weighted by Gasteiger charge is -2.24. The summed E-state index contributed by atoms with van der Waals surface area (Å²) in [6, 6.07) is 16.1. The minimum atomic E-state index is -0.425. The van der Waals surface area contributed by atoms with Crippen LogP contribution in [0.15, 0.2) is 71.5 Å². The van der Waals surface area contributed by atoms with Gasteiger partial charge in [-0.3, -0.25) is 15.1 Å². The molecule has 0 N–H and O–H groups in total. The number of allylic oxidation sites excluding steroid dienone is 1. The van der Waals surface area contributed by atoms with Crippen LogP contribution in [-0.2, 0) is 9.53 Å². The van der Waals surface area contributed by atoms with E-state index < -0.39 is 10.9 Å². The number of rotatable bonds is 6. The zero-order chi connectivity index (χ0) is 20.1. The molecule has 0 saturated heterocycles. The minimum absolute atomic E-state index is 0.0382. The van der Waals surface area contributed by atoms with Crippen LogP contribution in [0.25, 0.3) is 0 Å². The molecule has 3 rings (SSSR count). The molecule has 0 fully saturated rings. The van der Waals surface area contributed by atoms with Crippen LogP contribution in [0.3, 0.4) is 0 Å². The molecule has 2 aromatic rings. The first-order valence-electron chi connectivity index (χ1n) is 9.01. The summed E-state index contributed by atoms with van der Waals surface area (Å²) < 4.78 is 5.00. The van der Waals surface area contributed by atoms with Crippen molar-refractivity contribution < 1.29 is 14.5 Å². The first-order valence-corrected chi connectivity index (χ1v) is 9.01. The van der Waals surface area contributed by atoms with E-state index in [0.717, 1.165) is 16.8 Å². The van der Waals surface area contributed by atoms with E-state index in [-0.39, 0.29) is 11.7 Å². The van der Waals surface area contributed by atoms with Crippen molar-refractivity contribution in [3.8, 4) is 0 Å². The Morgan fingerprint density at radius 1 is 1.25 bits per heavy atom. The highest BCUT2D eigenvalue weighted by Gasteiger charge is 2.30. The predicted octanol–water partition coefficient (Wildman–Crippen LogP) is 4.21. The normalized spacial score (nSPS) is 16.6. The second-order valence-corrected chi connectivity index (χ2v) is 6.36. The van der Waals surface area contributed by atoms with Crippen molar-refractivity contribution in [3.63, 3.8) is 0 Å². The Kier molecular flexibility index (Phi) is 5.84.